The molecule has 17 heavy (non-hydrogen) atoms. The van der Waals surface area contributed by atoms with Gasteiger partial charge in [0.25, 0.3) is 0 Å². The van der Waals surface area contributed by atoms with Gasteiger partial charge >= 0.3 is 6.01 Å². The Balaban J connectivity index is 2.26. The number of aryl methyl sites for hydroxylation is 1. The number of hydrogen-bond acceptors (Lipinski definition) is 4. The van der Waals surface area contributed by atoms with Crippen LogP contribution >= 0.6 is 0 Å². The molecular weight excluding hydrogens is 221 g/mol. The molecule has 2 rings (SSSR count). The monoisotopic (exact) mass is 233 g/mol. The Kier molecular flexibility index (Phi) is 3.30. The van der Waals surface area contributed by atoms with Crippen LogP contribution in [0.15, 0.2) is 30.3 Å². The van der Waals surface area contributed by atoms with Gasteiger partial charge in [0.1, 0.15) is 11.6 Å². The summed E-state index contributed by atoms with van der Waals surface area (Å²) < 4.78 is 18.3. The lowest BCUT2D eigenvalue weighted by Crippen LogP contribution is -2.03. The van der Waals surface area contributed by atoms with Gasteiger partial charge in [-0.3, -0.25) is 0 Å². The number of ether oxygens (including phenoxy) is 1. The van der Waals surface area contributed by atoms with Gasteiger partial charge in [-0.1, -0.05) is 6.07 Å². The summed E-state index contributed by atoms with van der Waals surface area (Å²) in [7, 11) is 0. The van der Waals surface area contributed by atoms with E-state index < -0.39 is 0 Å². The maximum absolute atomic E-state index is 13.0. The van der Waals surface area contributed by atoms with E-state index in [4.69, 9.17) is 10.5 Å². The van der Waals surface area contributed by atoms with Crippen LogP contribution in [0.5, 0.6) is 11.8 Å². The number of aromatic nitrogens is 2. The second-order valence-electron chi connectivity index (χ2n) is 3.55. The highest BCUT2D eigenvalue weighted by molar-refractivity contribution is 5.26. The first-order chi connectivity index (χ1) is 8.17. The fourth-order valence-electron chi connectivity index (χ4n) is 1.39. The number of halogens is 1. The van der Waals surface area contributed by atoms with E-state index in [1.54, 1.807) is 18.2 Å². The third-order valence-corrected chi connectivity index (χ3v) is 2.10. The van der Waals surface area contributed by atoms with Gasteiger partial charge in [-0.25, -0.2) is 9.37 Å². The van der Waals surface area contributed by atoms with Gasteiger partial charge in [-0.05, 0) is 25.1 Å². The van der Waals surface area contributed by atoms with Crippen LogP contribution in [0.1, 0.15) is 11.4 Å². The molecule has 0 saturated carbocycles. The van der Waals surface area contributed by atoms with Crippen LogP contribution in [0.4, 0.5) is 4.39 Å². The third kappa shape index (κ3) is 2.98. The maximum atomic E-state index is 13.0. The summed E-state index contributed by atoms with van der Waals surface area (Å²) >= 11 is 0. The van der Waals surface area contributed by atoms with E-state index in [2.05, 4.69) is 9.97 Å². The molecule has 1 heterocycles. The van der Waals surface area contributed by atoms with Crippen molar-refractivity contribution in [2.24, 2.45) is 5.73 Å². The normalized spacial score (nSPS) is 10.3. The van der Waals surface area contributed by atoms with Crippen molar-refractivity contribution in [2.75, 3.05) is 0 Å². The molecule has 5 heteroatoms. The van der Waals surface area contributed by atoms with Gasteiger partial charge in [0, 0.05) is 18.3 Å². The Morgan fingerprint density at radius 1 is 1.29 bits per heavy atom. The van der Waals surface area contributed by atoms with E-state index in [1.807, 2.05) is 6.92 Å². The van der Waals surface area contributed by atoms with E-state index in [-0.39, 0.29) is 11.8 Å². The molecule has 88 valence electrons. The average Bonchev–Trinajstić information content (AvgIpc) is 2.28. The van der Waals surface area contributed by atoms with E-state index in [9.17, 15) is 4.39 Å². The summed E-state index contributed by atoms with van der Waals surface area (Å²) in [6, 6.07) is 7.76. The molecule has 1 aromatic heterocycles. The molecule has 0 bridgehead atoms. The summed E-state index contributed by atoms with van der Waals surface area (Å²) in [5.41, 5.74) is 6.94. The van der Waals surface area contributed by atoms with Crippen molar-refractivity contribution in [1.29, 1.82) is 0 Å². The zero-order valence-corrected chi connectivity index (χ0v) is 9.35. The maximum Gasteiger partial charge on any atom is 0.322 e. The molecule has 0 fully saturated rings. The zero-order valence-electron chi connectivity index (χ0n) is 9.35. The predicted octanol–water partition coefficient (Wildman–Crippen LogP) is 2.18. The molecular formula is C12H12FN3O. The van der Waals surface area contributed by atoms with Crippen LogP contribution in [0, 0.1) is 12.7 Å². The van der Waals surface area contributed by atoms with Gasteiger partial charge in [-0.15, -0.1) is 0 Å². The smallest absolute Gasteiger partial charge is 0.322 e. The number of nitrogens with zero attached hydrogens (tertiary/aromatic N) is 2. The molecule has 0 aliphatic rings. The Morgan fingerprint density at radius 2 is 2.12 bits per heavy atom. The zero-order chi connectivity index (χ0) is 12.3. The minimum Gasteiger partial charge on any atom is -0.424 e. The van der Waals surface area contributed by atoms with Gasteiger partial charge in [0.2, 0.25) is 0 Å². The highest BCUT2D eigenvalue weighted by Crippen LogP contribution is 2.19. The summed E-state index contributed by atoms with van der Waals surface area (Å²) in [6.07, 6.45) is 0. The molecule has 4 nitrogen and oxygen atoms in total. The lowest BCUT2D eigenvalue weighted by molar-refractivity contribution is 0.434. The van der Waals surface area contributed by atoms with Crippen molar-refractivity contribution in [1.82, 2.24) is 9.97 Å². The fourth-order valence-corrected chi connectivity index (χ4v) is 1.39. The number of hydrogen-bond donors (Lipinski definition) is 1. The lowest BCUT2D eigenvalue weighted by Gasteiger charge is -2.06. The molecule has 2 aromatic rings. The Hall–Kier alpha value is -2.01. The molecule has 0 amide bonds. The molecule has 0 aliphatic heterocycles. The van der Waals surface area contributed by atoms with E-state index in [0.29, 0.717) is 18.0 Å². The summed E-state index contributed by atoms with van der Waals surface area (Å²) in [4.78, 5) is 8.19. The first kappa shape index (κ1) is 11.5. The average molecular weight is 233 g/mol. The molecule has 1 aromatic carbocycles. The van der Waals surface area contributed by atoms with Crippen molar-refractivity contribution in [2.45, 2.75) is 13.5 Å². The molecule has 0 spiro atoms. The van der Waals surface area contributed by atoms with Gasteiger partial charge < -0.3 is 10.5 Å². The Morgan fingerprint density at radius 3 is 2.82 bits per heavy atom. The van der Waals surface area contributed by atoms with Gasteiger partial charge in [-0.2, -0.15) is 4.98 Å². The summed E-state index contributed by atoms with van der Waals surface area (Å²) in [5, 5.41) is 0. The molecule has 0 saturated heterocycles. The highest BCUT2D eigenvalue weighted by atomic mass is 19.1. The summed E-state index contributed by atoms with van der Waals surface area (Å²) in [6.45, 7) is 2.13. The van der Waals surface area contributed by atoms with Crippen molar-refractivity contribution in [3.63, 3.8) is 0 Å². The second kappa shape index (κ2) is 4.88. The van der Waals surface area contributed by atoms with Crippen molar-refractivity contribution < 1.29 is 9.13 Å². The molecule has 0 unspecified atom stereocenters. The lowest BCUT2D eigenvalue weighted by atomic mass is 10.3. The SMILES string of the molecule is Cc1cc(CN)nc(Oc2cccc(F)c2)n1. The van der Waals surface area contributed by atoms with Crippen molar-refractivity contribution in [3.05, 3.63) is 47.5 Å². The number of rotatable bonds is 3. The standard InChI is InChI=1S/C12H12FN3O/c1-8-5-10(7-14)16-12(15-8)17-11-4-2-3-9(13)6-11/h2-6H,7,14H2,1H3. The van der Waals surface area contributed by atoms with E-state index in [0.717, 1.165) is 5.69 Å². The molecule has 2 N–H and O–H groups in total. The quantitative estimate of drug-likeness (QED) is 0.882. The van der Waals surface area contributed by atoms with Crippen LogP contribution < -0.4 is 10.5 Å². The summed E-state index contributed by atoms with van der Waals surface area (Å²) in [5.74, 6) is -0.00669. The van der Waals surface area contributed by atoms with Crippen LogP contribution in [0.2, 0.25) is 0 Å². The molecule has 0 atom stereocenters. The van der Waals surface area contributed by atoms with Crippen LogP contribution in [0.25, 0.3) is 0 Å². The molecule has 0 aliphatic carbocycles. The van der Waals surface area contributed by atoms with E-state index >= 15 is 0 Å². The second-order valence-corrected chi connectivity index (χ2v) is 3.55. The van der Waals surface area contributed by atoms with Crippen molar-refractivity contribution in [3.8, 4) is 11.8 Å². The minimum atomic E-state index is -0.366. The Bertz CT molecular complexity index is 531. The minimum absolute atomic E-state index is 0.177. The van der Waals surface area contributed by atoms with Gasteiger partial charge in [0.15, 0.2) is 0 Å². The van der Waals surface area contributed by atoms with E-state index in [1.165, 1.54) is 12.1 Å². The third-order valence-electron chi connectivity index (χ3n) is 2.10. The largest absolute Gasteiger partial charge is 0.424 e. The molecule has 0 radical (unpaired) electrons. The first-order valence-corrected chi connectivity index (χ1v) is 5.15. The Labute approximate surface area is 98.3 Å². The predicted molar refractivity (Wildman–Crippen MR) is 61.1 cm³/mol. The van der Waals surface area contributed by atoms with Crippen LogP contribution in [-0.2, 0) is 6.54 Å². The van der Waals surface area contributed by atoms with Crippen molar-refractivity contribution >= 4 is 0 Å². The fraction of sp³-hybridized carbons (Fsp3) is 0.167. The highest BCUT2D eigenvalue weighted by Gasteiger charge is 2.04. The van der Waals surface area contributed by atoms with Crippen LogP contribution in [0.3, 0.4) is 0 Å². The number of benzene rings is 1. The first-order valence-electron chi connectivity index (χ1n) is 5.15. The topological polar surface area (TPSA) is 61.0 Å². The van der Waals surface area contributed by atoms with Gasteiger partial charge in [0.05, 0.1) is 5.69 Å². The van der Waals surface area contributed by atoms with Crippen LogP contribution in [-0.4, -0.2) is 9.97 Å². The number of nitrogens with two attached hydrogens (primary N) is 1.